The van der Waals surface area contributed by atoms with Gasteiger partial charge in [0, 0.05) is 33.7 Å². The fourth-order valence-corrected chi connectivity index (χ4v) is 4.75. The molecule has 1 unspecified atom stereocenters. The molecule has 1 aromatic carbocycles. The van der Waals surface area contributed by atoms with E-state index in [9.17, 15) is 19.5 Å². The Balaban J connectivity index is 0.000000304. The maximum absolute atomic E-state index is 12.0. The minimum absolute atomic E-state index is 0.144. The van der Waals surface area contributed by atoms with Gasteiger partial charge in [-0.2, -0.15) is 0 Å². The number of alkyl carbamates (subject to hydrolysis) is 1. The number of hydrogen-bond acceptors (Lipinski definition) is 7. The Labute approximate surface area is 228 Å². The molecule has 3 aromatic rings. The van der Waals surface area contributed by atoms with Crippen molar-refractivity contribution in [1.29, 1.82) is 0 Å². The van der Waals surface area contributed by atoms with Gasteiger partial charge in [0.25, 0.3) is 0 Å². The second-order valence-electron chi connectivity index (χ2n) is 9.56. The number of carbonyl (C=O) groups is 2. The zero-order valence-electron chi connectivity index (χ0n) is 23.1. The minimum atomic E-state index is -0.821. The van der Waals surface area contributed by atoms with E-state index in [-0.39, 0.29) is 17.2 Å². The number of fused-ring (bicyclic) bond motifs is 1. The van der Waals surface area contributed by atoms with Gasteiger partial charge in [0.05, 0.1) is 7.11 Å². The maximum Gasteiger partial charge on any atom is 0.410 e. The molecule has 206 valence electrons. The van der Waals surface area contributed by atoms with Crippen LogP contribution in [0.2, 0.25) is 0 Å². The molecule has 1 atom stereocenters. The molecule has 0 saturated heterocycles. The first-order chi connectivity index (χ1) is 18.1. The molecule has 2 aromatic heterocycles. The number of ketones is 1. The molecule has 0 aliphatic rings. The predicted octanol–water partition coefficient (Wildman–Crippen LogP) is 7.49. The number of hydrogen-bond donors (Lipinski definition) is 2. The van der Waals surface area contributed by atoms with Gasteiger partial charge in [-0.15, -0.1) is 11.3 Å². The number of Topliss-reactive ketones (excluding diaryl/α,β-unsaturated/α-hetero) is 1. The second-order valence-corrected chi connectivity index (χ2v) is 10.9. The third-order valence-electron chi connectivity index (χ3n) is 6.00. The molecular formula is C30H39NO6S. The van der Waals surface area contributed by atoms with Gasteiger partial charge < -0.3 is 14.3 Å². The molecule has 0 radical (unpaired) electrons. The fourth-order valence-electron chi connectivity index (χ4n) is 3.76. The van der Waals surface area contributed by atoms with Gasteiger partial charge >= 0.3 is 11.7 Å². The summed E-state index contributed by atoms with van der Waals surface area (Å²) in [7, 11) is 1.27. The number of carbonyl (C=O) groups excluding carboxylic acids is 2. The van der Waals surface area contributed by atoms with Gasteiger partial charge in [-0.05, 0) is 55.7 Å². The van der Waals surface area contributed by atoms with E-state index in [1.807, 2.05) is 18.3 Å². The van der Waals surface area contributed by atoms with Crippen molar-refractivity contribution in [1.82, 2.24) is 5.32 Å². The number of aryl methyl sites for hydroxylation is 2. The number of unbranched alkanes of at least 4 members (excludes halogenated alkanes) is 1. The first-order valence-corrected chi connectivity index (χ1v) is 13.8. The van der Waals surface area contributed by atoms with Crippen LogP contribution in [0, 0.1) is 12.8 Å². The summed E-state index contributed by atoms with van der Waals surface area (Å²) in [6.07, 6.45) is 7.70. The van der Waals surface area contributed by atoms with Crippen molar-refractivity contribution in [3.8, 4) is 5.75 Å². The highest BCUT2D eigenvalue weighted by Gasteiger charge is 2.22. The van der Waals surface area contributed by atoms with E-state index in [1.54, 1.807) is 19.9 Å². The molecule has 2 heterocycles. The number of allylic oxidation sites excluding steroid dienone is 1. The van der Waals surface area contributed by atoms with Gasteiger partial charge in [0.1, 0.15) is 17.1 Å². The average Bonchev–Trinajstić information content (AvgIpc) is 3.25. The number of thiophene rings is 1. The van der Waals surface area contributed by atoms with Crippen LogP contribution >= 0.6 is 11.3 Å². The van der Waals surface area contributed by atoms with Crippen molar-refractivity contribution in [2.24, 2.45) is 5.92 Å². The zero-order valence-corrected chi connectivity index (χ0v) is 23.9. The molecule has 8 heteroatoms. The molecule has 7 nitrogen and oxygen atoms in total. The monoisotopic (exact) mass is 541 g/mol. The van der Waals surface area contributed by atoms with Crippen molar-refractivity contribution >= 4 is 33.3 Å². The Morgan fingerprint density at radius 3 is 2.55 bits per heavy atom. The lowest BCUT2D eigenvalue weighted by molar-refractivity contribution is 0.0931. The second kappa shape index (κ2) is 15.1. The molecule has 0 spiro atoms. The van der Waals surface area contributed by atoms with Crippen molar-refractivity contribution < 1.29 is 23.8 Å². The summed E-state index contributed by atoms with van der Waals surface area (Å²) in [6.45, 7) is 9.55. The minimum Gasteiger partial charge on any atom is -0.507 e. The molecule has 38 heavy (non-hydrogen) atoms. The number of aromatic hydroxyl groups is 1. The van der Waals surface area contributed by atoms with E-state index >= 15 is 0 Å². The van der Waals surface area contributed by atoms with Crippen molar-refractivity contribution in [2.75, 3.05) is 7.11 Å². The number of methoxy groups -OCH3 is 1. The Hall–Kier alpha value is -3.39. The van der Waals surface area contributed by atoms with Gasteiger partial charge in [-0.1, -0.05) is 52.3 Å². The summed E-state index contributed by atoms with van der Waals surface area (Å²) in [5.41, 5.74) is 0.364. The number of nitrogens with one attached hydrogen (secondary N) is 1. The summed E-state index contributed by atoms with van der Waals surface area (Å²) in [6, 6.07) is 10.5. The van der Waals surface area contributed by atoms with Crippen LogP contribution in [0.5, 0.6) is 5.75 Å². The summed E-state index contributed by atoms with van der Waals surface area (Å²) >= 11 is 1.90. The van der Waals surface area contributed by atoms with Crippen LogP contribution in [-0.2, 0) is 11.2 Å². The molecule has 0 saturated carbocycles. The molecule has 3 rings (SSSR count). The SMILES string of the molecule is CCCCc1ccc2cc(C)sc2c1.COC(=O)N/C=C/CCC(C)c1cc(O)c(C(=O)C(C)C)c(=O)o1. The van der Waals surface area contributed by atoms with Crippen molar-refractivity contribution in [3.05, 3.63) is 74.8 Å². The first-order valence-electron chi connectivity index (χ1n) is 13.0. The van der Waals surface area contributed by atoms with Crippen LogP contribution in [0.25, 0.3) is 10.1 Å². The predicted molar refractivity (Wildman–Crippen MR) is 153 cm³/mol. The van der Waals surface area contributed by atoms with Crippen LogP contribution in [0.1, 0.15) is 85.9 Å². The first kappa shape index (κ1) is 30.8. The van der Waals surface area contributed by atoms with Crippen LogP contribution in [0.15, 0.2) is 51.8 Å². The lowest BCUT2D eigenvalue weighted by atomic mass is 9.99. The van der Waals surface area contributed by atoms with E-state index in [0.717, 1.165) is 0 Å². The van der Waals surface area contributed by atoms with E-state index in [1.165, 1.54) is 59.2 Å². The summed E-state index contributed by atoms with van der Waals surface area (Å²) < 4.78 is 11.0. The standard InChI is InChI=1S/C17H23NO6.C13H16S/c1-10(2)15(20)14-12(19)9-13(24-16(14)21)11(3)7-5-6-8-18-17(22)23-4;1-3-4-5-11-6-7-12-8-10(2)14-13(12)9-11/h6,8-11,19H,5,7H2,1-4H3,(H,18,22);6-9H,3-5H2,1-2H3/b8-6+;. The van der Waals surface area contributed by atoms with Gasteiger partial charge in [-0.3, -0.25) is 10.1 Å². The smallest absolute Gasteiger partial charge is 0.410 e. The molecule has 1 amide bonds. The topological polar surface area (TPSA) is 106 Å². The van der Waals surface area contributed by atoms with Gasteiger partial charge in [-0.25, -0.2) is 9.59 Å². The highest BCUT2D eigenvalue weighted by molar-refractivity contribution is 7.19. The normalized spacial score (nSPS) is 11.9. The molecular weight excluding hydrogens is 502 g/mol. The zero-order chi connectivity index (χ0) is 28.2. The highest BCUT2D eigenvalue weighted by Crippen LogP contribution is 2.27. The number of benzene rings is 1. The Morgan fingerprint density at radius 2 is 1.92 bits per heavy atom. The third-order valence-corrected chi connectivity index (χ3v) is 7.02. The van der Waals surface area contributed by atoms with E-state index in [0.29, 0.717) is 18.6 Å². The average molecular weight is 542 g/mol. The largest absolute Gasteiger partial charge is 0.507 e. The summed E-state index contributed by atoms with van der Waals surface area (Å²) in [5.74, 6) is -1.04. The lowest BCUT2D eigenvalue weighted by Crippen LogP contribution is -2.19. The number of amides is 1. The maximum atomic E-state index is 12.0. The fraction of sp³-hybridized carbons (Fsp3) is 0.433. The van der Waals surface area contributed by atoms with Crippen molar-refractivity contribution in [2.45, 2.75) is 72.6 Å². The highest BCUT2D eigenvalue weighted by atomic mass is 32.1. The molecule has 0 fully saturated rings. The van der Waals surface area contributed by atoms with Crippen LogP contribution in [0.4, 0.5) is 4.79 Å². The van der Waals surface area contributed by atoms with Gasteiger partial charge in [0.2, 0.25) is 0 Å². The van der Waals surface area contributed by atoms with Crippen LogP contribution < -0.4 is 10.9 Å². The molecule has 0 aliphatic carbocycles. The van der Waals surface area contributed by atoms with E-state index in [2.05, 4.69) is 48.2 Å². The summed E-state index contributed by atoms with van der Waals surface area (Å²) in [5, 5.41) is 13.8. The Morgan fingerprint density at radius 1 is 1.18 bits per heavy atom. The van der Waals surface area contributed by atoms with Crippen LogP contribution in [-0.4, -0.2) is 24.1 Å². The van der Waals surface area contributed by atoms with Crippen molar-refractivity contribution in [3.63, 3.8) is 0 Å². The molecule has 0 aliphatic heterocycles. The molecule has 0 bridgehead atoms. The number of rotatable bonds is 10. The summed E-state index contributed by atoms with van der Waals surface area (Å²) in [4.78, 5) is 36.2. The Kier molecular flexibility index (Phi) is 12.3. The van der Waals surface area contributed by atoms with Gasteiger partial charge in [0.15, 0.2) is 5.78 Å². The number of ether oxygens (including phenoxy) is 1. The van der Waals surface area contributed by atoms with Crippen LogP contribution in [0.3, 0.4) is 0 Å². The molecule has 2 N–H and O–H groups in total. The Bertz CT molecular complexity index is 1300. The van der Waals surface area contributed by atoms with E-state index < -0.39 is 23.4 Å². The third kappa shape index (κ3) is 9.17. The lowest BCUT2D eigenvalue weighted by Gasteiger charge is -2.11. The van der Waals surface area contributed by atoms with E-state index in [4.69, 9.17) is 4.42 Å². The quantitative estimate of drug-likeness (QED) is 0.258.